The van der Waals surface area contributed by atoms with Gasteiger partial charge in [-0.05, 0) is 30.9 Å². The molecule has 6 heteroatoms. The molecule has 0 spiro atoms. The molecule has 21 heavy (non-hydrogen) atoms. The summed E-state index contributed by atoms with van der Waals surface area (Å²) in [7, 11) is -3.66. The quantitative estimate of drug-likeness (QED) is 0.841. The highest BCUT2D eigenvalue weighted by atomic mass is 32.2. The molecule has 0 aromatic heterocycles. The van der Waals surface area contributed by atoms with Crippen molar-refractivity contribution >= 4 is 22.0 Å². The number of hydrogen-bond donors (Lipinski definition) is 1. The normalized spacial score (nSPS) is 19.5. The van der Waals surface area contributed by atoms with E-state index in [1.165, 1.54) is 6.08 Å². The van der Waals surface area contributed by atoms with E-state index in [0.29, 0.717) is 6.61 Å². The minimum Gasteiger partial charge on any atom is -0.377 e. The number of carbonyl (C=O) groups excluding carboxylic acids is 1. The van der Waals surface area contributed by atoms with Gasteiger partial charge >= 0.3 is 0 Å². The smallest absolute Gasteiger partial charge is 0.257 e. The fraction of sp³-hybridized carbons (Fsp3) is 0.400. The maximum atomic E-state index is 11.9. The van der Waals surface area contributed by atoms with Crippen molar-refractivity contribution < 1.29 is 17.9 Å². The molecule has 0 radical (unpaired) electrons. The molecule has 1 atom stereocenters. The predicted molar refractivity (Wildman–Crippen MR) is 81.0 cm³/mol. The van der Waals surface area contributed by atoms with Crippen LogP contribution in [0.2, 0.25) is 0 Å². The van der Waals surface area contributed by atoms with Gasteiger partial charge in [0.05, 0.1) is 11.9 Å². The van der Waals surface area contributed by atoms with Crippen molar-refractivity contribution in [3.05, 3.63) is 42.0 Å². The highest BCUT2D eigenvalue weighted by Crippen LogP contribution is 2.14. The van der Waals surface area contributed by atoms with Gasteiger partial charge in [0.2, 0.25) is 10.0 Å². The topological polar surface area (TPSA) is 72.5 Å². The summed E-state index contributed by atoms with van der Waals surface area (Å²) in [6.45, 7) is 0.585. The average Bonchev–Trinajstić information content (AvgIpc) is 2.46. The molecule has 5 nitrogen and oxygen atoms in total. The minimum atomic E-state index is -3.66. The SMILES string of the molecule is O=C(/C=C/c1ccccc1)NS(=O)(=O)C[C@H]1CCCCO1. The van der Waals surface area contributed by atoms with Crippen molar-refractivity contribution in [2.75, 3.05) is 12.4 Å². The van der Waals surface area contributed by atoms with Crippen LogP contribution in [0.1, 0.15) is 24.8 Å². The molecule has 1 aromatic rings. The molecular weight excluding hydrogens is 290 g/mol. The zero-order valence-electron chi connectivity index (χ0n) is 11.7. The summed E-state index contributed by atoms with van der Waals surface area (Å²) in [6, 6.07) is 9.21. The number of carbonyl (C=O) groups is 1. The van der Waals surface area contributed by atoms with Gasteiger partial charge in [0, 0.05) is 12.7 Å². The van der Waals surface area contributed by atoms with E-state index in [9.17, 15) is 13.2 Å². The Morgan fingerprint density at radius 1 is 1.29 bits per heavy atom. The molecule has 1 aliphatic heterocycles. The Hall–Kier alpha value is -1.66. The van der Waals surface area contributed by atoms with Crippen LogP contribution in [0.15, 0.2) is 36.4 Å². The third kappa shape index (κ3) is 5.69. The van der Waals surface area contributed by atoms with Gasteiger partial charge < -0.3 is 4.74 Å². The zero-order chi connectivity index (χ0) is 15.1. The molecule has 0 unspecified atom stereocenters. The van der Waals surface area contributed by atoms with Gasteiger partial charge in [0.25, 0.3) is 5.91 Å². The van der Waals surface area contributed by atoms with Crippen LogP contribution in [0, 0.1) is 0 Å². The van der Waals surface area contributed by atoms with E-state index in [2.05, 4.69) is 0 Å². The summed E-state index contributed by atoms with van der Waals surface area (Å²) in [6.07, 6.45) is 5.11. The van der Waals surface area contributed by atoms with Crippen molar-refractivity contribution in [2.45, 2.75) is 25.4 Å². The van der Waals surface area contributed by atoms with E-state index in [4.69, 9.17) is 4.74 Å². The van der Waals surface area contributed by atoms with Gasteiger partial charge in [-0.15, -0.1) is 0 Å². The summed E-state index contributed by atoms with van der Waals surface area (Å²) in [4.78, 5) is 11.7. The molecule has 1 N–H and O–H groups in total. The van der Waals surface area contributed by atoms with Crippen LogP contribution in [-0.4, -0.2) is 32.8 Å². The van der Waals surface area contributed by atoms with E-state index in [1.54, 1.807) is 6.08 Å². The number of rotatable bonds is 5. The first-order valence-corrected chi connectivity index (χ1v) is 8.59. The molecule has 0 aliphatic carbocycles. The lowest BCUT2D eigenvalue weighted by Gasteiger charge is -2.22. The van der Waals surface area contributed by atoms with Crippen molar-refractivity contribution in [3.63, 3.8) is 0 Å². The minimum absolute atomic E-state index is 0.169. The zero-order valence-corrected chi connectivity index (χ0v) is 12.5. The Labute approximate surface area is 125 Å². The lowest BCUT2D eigenvalue weighted by molar-refractivity contribution is -0.114. The Bertz CT molecular complexity index is 589. The molecule has 1 fully saturated rings. The Balaban J connectivity index is 1.87. The number of benzene rings is 1. The lowest BCUT2D eigenvalue weighted by Crippen LogP contribution is -2.37. The number of hydrogen-bond acceptors (Lipinski definition) is 4. The maximum Gasteiger partial charge on any atom is 0.257 e. The second kappa shape index (κ2) is 7.38. The van der Waals surface area contributed by atoms with E-state index in [1.807, 2.05) is 35.1 Å². The van der Waals surface area contributed by atoms with Crippen LogP contribution >= 0.6 is 0 Å². The lowest BCUT2D eigenvalue weighted by atomic mass is 10.1. The van der Waals surface area contributed by atoms with E-state index in [0.717, 1.165) is 24.8 Å². The standard InChI is InChI=1S/C15H19NO4S/c17-15(10-9-13-6-2-1-3-7-13)16-21(18,19)12-14-8-4-5-11-20-14/h1-3,6-7,9-10,14H,4-5,8,11-12H2,(H,16,17)/b10-9+/t14-/m1/s1. The van der Waals surface area contributed by atoms with Crippen LogP contribution < -0.4 is 4.72 Å². The summed E-state index contributed by atoms with van der Waals surface area (Å²) >= 11 is 0. The van der Waals surface area contributed by atoms with Crippen molar-refractivity contribution in [1.29, 1.82) is 0 Å². The van der Waals surface area contributed by atoms with Gasteiger partial charge in [-0.25, -0.2) is 13.1 Å². The number of amides is 1. The largest absolute Gasteiger partial charge is 0.377 e. The molecule has 1 amide bonds. The second-order valence-corrected chi connectivity index (χ2v) is 6.75. The molecule has 1 heterocycles. The summed E-state index contributed by atoms with van der Waals surface area (Å²) in [5, 5.41) is 0. The van der Waals surface area contributed by atoms with Crippen molar-refractivity contribution in [3.8, 4) is 0 Å². The third-order valence-electron chi connectivity index (χ3n) is 3.16. The van der Waals surface area contributed by atoms with Gasteiger partial charge in [-0.1, -0.05) is 30.3 Å². The molecule has 0 bridgehead atoms. The van der Waals surface area contributed by atoms with E-state index >= 15 is 0 Å². The highest BCUT2D eigenvalue weighted by molar-refractivity contribution is 7.90. The predicted octanol–water partition coefficient (Wildman–Crippen LogP) is 1.71. The molecule has 114 valence electrons. The van der Waals surface area contributed by atoms with Gasteiger partial charge in [0.15, 0.2) is 0 Å². The van der Waals surface area contributed by atoms with Crippen LogP contribution in [0.3, 0.4) is 0 Å². The van der Waals surface area contributed by atoms with Gasteiger partial charge in [0.1, 0.15) is 0 Å². The van der Waals surface area contributed by atoms with Crippen LogP contribution in [0.5, 0.6) is 0 Å². The fourth-order valence-electron chi connectivity index (χ4n) is 2.15. The van der Waals surface area contributed by atoms with Crippen molar-refractivity contribution in [1.82, 2.24) is 4.72 Å². The van der Waals surface area contributed by atoms with Crippen molar-refractivity contribution in [2.24, 2.45) is 0 Å². The van der Waals surface area contributed by atoms with Gasteiger partial charge in [-0.3, -0.25) is 4.79 Å². The summed E-state index contributed by atoms with van der Waals surface area (Å²) in [5.74, 6) is -0.813. The molecule has 1 aliphatic rings. The first-order chi connectivity index (χ1) is 10.1. The molecule has 1 saturated heterocycles. The molecule has 1 aromatic carbocycles. The summed E-state index contributed by atoms with van der Waals surface area (Å²) < 4.78 is 31.2. The Kier molecular flexibility index (Phi) is 5.52. The number of sulfonamides is 1. The number of nitrogens with one attached hydrogen (secondary N) is 1. The van der Waals surface area contributed by atoms with E-state index < -0.39 is 15.9 Å². The molecule has 2 rings (SSSR count). The summed E-state index contributed by atoms with van der Waals surface area (Å²) in [5.41, 5.74) is 0.834. The average molecular weight is 309 g/mol. The van der Waals surface area contributed by atoms with Gasteiger partial charge in [-0.2, -0.15) is 0 Å². The number of ether oxygens (including phenoxy) is 1. The van der Waals surface area contributed by atoms with E-state index in [-0.39, 0.29) is 11.9 Å². The molecular formula is C15H19NO4S. The second-order valence-electron chi connectivity index (χ2n) is 4.98. The van der Waals surface area contributed by atoms with Crippen LogP contribution in [0.25, 0.3) is 6.08 Å². The highest BCUT2D eigenvalue weighted by Gasteiger charge is 2.22. The van der Waals surface area contributed by atoms with Crippen LogP contribution in [0.4, 0.5) is 0 Å². The monoisotopic (exact) mass is 309 g/mol. The van der Waals surface area contributed by atoms with Crippen LogP contribution in [-0.2, 0) is 19.6 Å². The first kappa shape index (κ1) is 15.7. The first-order valence-electron chi connectivity index (χ1n) is 6.94. The molecule has 0 saturated carbocycles. The fourth-order valence-corrected chi connectivity index (χ4v) is 3.36. The third-order valence-corrected chi connectivity index (χ3v) is 4.48. The Morgan fingerprint density at radius 3 is 2.71 bits per heavy atom. The Morgan fingerprint density at radius 2 is 2.05 bits per heavy atom. The maximum absolute atomic E-state index is 11.9.